The summed E-state index contributed by atoms with van der Waals surface area (Å²) in [5.74, 6) is 0.589. The number of carbonyl (C=O) groups excluding carboxylic acids is 1. The van der Waals surface area contributed by atoms with E-state index < -0.39 is 0 Å². The molecule has 1 N–H and O–H groups in total. The molecule has 0 aliphatic carbocycles. The molecule has 1 aromatic heterocycles. The third-order valence-electron chi connectivity index (χ3n) is 2.53. The molecule has 84 valence electrons. The molecule has 1 heterocycles. The third-order valence-corrected chi connectivity index (χ3v) is 4.45. The van der Waals surface area contributed by atoms with Crippen LogP contribution in [0.5, 0.6) is 0 Å². The molecule has 0 aromatic carbocycles. The van der Waals surface area contributed by atoms with Crippen LogP contribution in [0.3, 0.4) is 0 Å². The molecule has 2 nitrogen and oxygen atoms in total. The van der Waals surface area contributed by atoms with Crippen molar-refractivity contribution in [3.63, 3.8) is 0 Å². The van der Waals surface area contributed by atoms with E-state index in [0.29, 0.717) is 12.5 Å². The minimum absolute atomic E-state index is 0.0729. The van der Waals surface area contributed by atoms with Gasteiger partial charge < -0.3 is 5.32 Å². The van der Waals surface area contributed by atoms with Crippen molar-refractivity contribution in [3.8, 4) is 0 Å². The second-order valence-electron chi connectivity index (χ2n) is 3.94. The van der Waals surface area contributed by atoms with E-state index in [9.17, 15) is 4.79 Å². The lowest BCUT2D eigenvalue weighted by Gasteiger charge is -2.14. The second kappa shape index (κ2) is 5.66. The van der Waals surface area contributed by atoms with Crippen molar-refractivity contribution < 1.29 is 4.79 Å². The first-order valence-corrected chi connectivity index (χ1v) is 6.69. The van der Waals surface area contributed by atoms with Gasteiger partial charge in [0.05, 0.1) is 6.54 Å². The average Bonchev–Trinajstić information content (AvgIpc) is 2.59. The van der Waals surface area contributed by atoms with Crippen molar-refractivity contribution in [1.29, 1.82) is 0 Å². The highest BCUT2D eigenvalue weighted by Crippen LogP contribution is 2.22. The minimum atomic E-state index is 0.0729. The number of amides is 1. The van der Waals surface area contributed by atoms with Crippen molar-refractivity contribution in [2.24, 2.45) is 11.8 Å². The van der Waals surface area contributed by atoms with Gasteiger partial charge in [-0.2, -0.15) is 0 Å². The van der Waals surface area contributed by atoms with Gasteiger partial charge in [-0.05, 0) is 33.3 Å². The zero-order valence-electron chi connectivity index (χ0n) is 9.21. The van der Waals surface area contributed by atoms with Gasteiger partial charge in [-0.15, -0.1) is 11.3 Å². The van der Waals surface area contributed by atoms with Crippen LogP contribution in [0.25, 0.3) is 0 Å². The van der Waals surface area contributed by atoms with E-state index in [1.54, 1.807) is 11.3 Å². The fourth-order valence-electron chi connectivity index (χ4n) is 1.08. The van der Waals surface area contributed by atoms with Gasteiger partial charge in [-0.25, -0.2) is 0 Å². The summed E-state index contributed by atoms with van der Waals surface area (Å²) in [5, 5.41) is 4.96. The zero-order chi connectivity index (χ0) is 11.4. The van der Waals surface area contributed by atoms with Crippen molar-refractivity contribution in [2.75, 3.05) is 0 Å². The molecule has 0 bridgehead atoms. The molecule has 1 rings (SSSR count). The maximum absolute atomic E-state index is 11.7. The normalized spacial score (nSPS) is 12.9. The van der Waals surface area contributed by atoms with Gasteiger partial charge in [0.25, 0.3) is 0 Å². The Labute approximate surface area is 103 Å². The number of carbonyl (C=O) groups is 1. The molecular weight excluding hydrogens is 274 g/mol. The Morgan fingerprint density at radius 3 is 2.67 bits per heavy atom. The summed E-state index contributed by atoms with van der Waals surface area (Å²) in [7, 11) is 0. The largest absolute Gasteiger partial charge is 0.351 e. The molecule has 0 aliphatic rings. The van der Waals surface area contributed by atoms with E-state index in [4.69, 9.17) is 0 Å². The van der Waals surface area contributed by atoms with Gasteiger partial charge in [-0.3, -0.25) is 4.79 Å². The molecule has 0 spiro atoms. The van der Waals surface area contributed by atoms with Gasteiger partial charge >= 0.3 is 0 Å². The predicted octanol–water partition coefficient (Wildman–Crippen LogP) is 3.42. The summed E-state index contributed by atoms with van der Waals surface area (Å²) in [4.78, 5) is 12.8. The standard InChI is InChI=1S/C11H16BrNOS/c1-7(2)8(3)11(14)13-6-10-9(12)4-5-15-10/h4-5,7-8H,6H2,1-3H3,(H,13,14). The highest BCUT2D eigenvalue weighted by atomic mass is 79.9. The molecule has 0 aliphatic heterocycles. The molecule has 15 heavy (non-hydrogen) atoms. The fraction of sp³-hybridized carbons (Fsp3) is 0.545. The molecule has 0 saturated heterocycles. The molecule has 1 atom stereocenters. The van der Waals surface area contributed by atoms with Crippen LogP contribution >= 0.6 is 27.3 Å². The summed E-state index contributed by atoms with van der Waals surface area (Å²) in [6.07, 6.45) is 0. The van der Waals surface area contributed by atoms with Crippen molar-refractivity contribution >= 4 is 33.2 Å². The maximum atomic E-state index is 11.7. The van der Waals surface area contributed by atoms with E-state index in [2.05, 4.69) is 35.1 Å². The van der Waals surface area contributed by atoms with E-state index in [1.807, 2.05) is 18.4 Å². The van der Waals surface area contributed by atoms with E-state index >= 15 is 0 Å². The van der Waals surface area contributed by atoms with Crippen LogP contribution < -0.4 is 5.32 Å². The SMILES string of the molecule is CC(C)C(C)C(=O)NCc1sccc1Br. The molecular formula is C11H16BrNOS. The first kappa shape index (κ1) is 12.7. The molecule has 1 amide bonds. The number of rotatable bonds is 4. The lowest BCUT2D eigenvalue weighted by Crippen LogP contribution is -2.31. The quantitative estimate of drug-likeness (QED) is 0.904. The smallest absolute Gasteiger partial charge is 0.223 e. The van der Waals surface area contributed by atoms with Crippen molar-refractivity contribution in [2.45, 2.75) is 27.3 Å². The van der Waals surface area contributed by atoms with Crippen LogP contribution in [0.4, 0.5) is 0 Å². The van der Waals surface area contributed by atoms with Gasteiger partial charge in [0.15, 0.2) is 0 Å². The highest BCUT2D eigenvalue weighted by molar-refractivity contribution is 9.10. The lowest BCUT2D eigenvalue weighted by atomic mass is 9.97. The van der Waals surface area contributed by atoms with Gasteiger partial charge in [0.2, 0.25) is 5.91 Å². The van der Waals surface area contributed by atoms with E-state index in [1.165, 1.54) is 4.88 Å². The number of thiophene rings is 1. The van der Waals surface area contributed by atoms with Crippen LogP contribution in [0.15, 0.2) is 15.9 Å². The predicted molar refractivity (Wildman–Crippen MR) is 67.9 cm³/mol. The highest BCUT2D eigenvalue weighted by Gasteiger charge is 2.16. The monoisotopic (exact) mass is 289 g/mol. The fourth-order valence-corrected chi connectivity index (χ4v) is 2.51. The number of hydrogen-bond acceptors (Lipinski definition) is 2. The minimum Gasteiger partial charge on any atom is -0.351 e. The summed E-state index contributed by atoms with van der Waals surface area (Å²) in [5.41, 5.74) is 0. The molecule has 1 aromatic rings. The Hall–Kier alpha value is -0.350. The lowest BCUT2D eigenvalue weighted by molar-refractivity contribution is -0.125. The van der Waals surface area contributed by atoms with Crippen LogP contribution in [0, 0.1) is 11.8 Å². The molecule has 0 fully saturated rings. The Kier molecular flexibility index (Phi) is 4.80. The first-order chi connectivity index (χ1) is 7.02. The second-order valence-corrected chi connectivity index (χ2v) is 5.80. The topological polar surface area (TPSA) is 29.1 Å². The van der Waals surface area contributed by atoms with Crippen LogP contribution in [0.1, 0.15) is 25.6 Å². The summed E-state index contributed by atoms with van der Waals surface area (Å²) in [6.45, 7) is 6.70. The maximum Gasteiger partial charge on any atom is 0.223 e. The van der Waals surface area contributed by atoms with Gasteiger partial charge in [-0.1, -0.05) is 20.8 Å². The van der Waals surface area contributed by atoms with Crippen molar-refractivity contribution in [1.82, 2.24) is 5.32 Å². The van der Waals surface area contributed by atoms with Gasteiger partial charge in [0.1, 0.15) is 0 Å². The molecule has 4 heteroatoms. The first-order valence-electron chi connectivity index (χ1n) is 5.02. The number of hydrogen-bond donors (Lipinski definition) is 1. The number of halogens is 1. The molecule has 1 unspecified atom stereocenters. The van der Waals surface area contributed by atoms with E-state index in [-0.39, 0.29) is 11.8 Å². The van der Waals surface area contributed by atoms with Gasteiger partial charge in [0, 0.05) is 15.3 Å². The molecule has 0 saturated carbocycles. The zero-order valence-corrected chi connectivity index (χ0v) is 11.6. The Balaban J connectivity index is 2.44. The van der Waals surface area contributed by atoms with Crippen LogP contribution in [0.2, 0.25) is 0 Å². The van der Waals surface area contributed by atoms with Crippen LogP contribution in [-0.4, -0.2) is 5.91 Å². The Bertz CT molecular complexity index is 335. The average molecular weight is 290 g/mol. The van der Waals surface area contributed by atoms with E-state index in [0.717, 1.165) is 4.47 Å². The Morgan fingerprint density at radius 1 is 1.53 bits per heavy atom. The summed E-state index contributed by atoms with van der Waals surface area (Å²) < 4.78 is 1.07. The Morgan fingerprint density at radius 2 is 2.20 bits per heavy atom. The summed E-state index contributed by atoms with van der Waals surface area (Å²) in [6, 6.07) is 2.00. The third kappa shape index (κ3) is 3.61. The molecule has 0 radical (unpaired) electrons. The number of nitrogens with one attached hydrogen (secondary N) is 1. The van der Waals surface area contributed by atoms with Crippen molar-refractivity contribution in [3.05, 3.63) is 20.8 Å². The summed E-state index contributed by atoms with van der Waals surface area (Å²) >= 11 is 5.09. The van der Waals surface area contributed by atoms with Crippen LogP contribution in [-0.2, 0) is 11.3 Å².